The average Bonchev–Trinajstić information content (AvgIpc) is 2.96. The van der Waals surface area contributed by atoms with Crippen molar-refractivity contribution in [3.05, 3.63) is 76.8 Å². The standard InChI is InChI=1S/2C19H24BrIO4/c2*1-12(22)24-16(19(5,6)10-11-21)13-8-7-9-14(15(13)20)25-17(23)18(2,3)4/h2*7-11,16H,1-6H3/b2*11-10+/t2*16-/m00/s1. The minimum Gasteiger partial charge on any atom is -0.457 e. The molecule has 0 heterocycles. The molecule has 0 aliphatic heterocycles. The zero-order chi connectivity index (χ0) is 38.8. The number of esters is 4. The second-order valence-corrected chi connectivity index (χ2v) is 17.8. The molecule has 0 unspecified atom stereocenters. The number of carbonyl (C=O) groups is 4. The molecular weight excluding hydrogens is 998 g/mol. The Labute approximate surface area is 341 Å². The molecular formula is C38H48Br2I2O8. The van der Waals surface area contributed by atoms with E-state index in [1.165, 1.54) is 13.8 Å². The van der Waals surface area contributed by atoms with Crippen molar-refractivity contribution in [2.24, 2.45) is 21.7 Å². The SMILES string of the molecule is CC(=O)O[C@@H](c1cccc(OC(=O)C(C)(C)C)c1Br)C(C)(C)/C=C/I.CC(=O)O[C@@H](c1cccc(OC(=O)C(C)(C)C)c1Br)C(C)(C)/C=C/I. The van der Waals surface area contributed by atoms with Crippen molar-refractivity contribution in [1.29, 1.82) is 0 Å². The van der Waals surface area contributed by atoms with Gasteiger partial charge in [0.25, 0.3) is 0 Å². The molecule has 0 radical (unpaired) electrons. The van der Waals surface area contributed by atoms with E-state index in [1.807, 2.05) is 60.1 Å². The summed E-state index contributed by atoms with van der Waals surface area (Å²) in [4.78, 5) is 47.7. The van der Waals surface area contributed by atoms with Crippen LogP contribution in [-0.4, -0.2) is 23.9 Å². The lowest BCUT2D eigenvalue weighted by molar-refractivity contribution is -0.152. The molecule has 0 saturated carbocycles. The maximum atomic E-state index is 12.2. The molecule has 2 rings (SSSR count). The summed E-state index contributed by atoms with van der Waals surface area (Å²) in [6.07, 6.45) is 2.89. The molecule has 0 amide bonds. The lowest BCUT2D eigenvalue weighted by Crippen LogP contribution is -2.27. The van der Waals surface area contributed by atoms with Crippen molar-refractivity contribution in [1.82, 2.24) is 0 Å². The van der Waals surface area contributed by atoms with Crippen LogP contribution in [0.2, 0.25) is 0 Å². The summed E-state index contributed by atoms with van der Waals surface area (Å²) in [7, 11) is 0. The smallest absolute Gasteiger partial charge is 0.316 e. The van der Waals surface area contributed by atoms with E-state index in [-0.39, 0.29) is 23.9 Å². The first-order chi connectivity index (χ1) is 22.8. The van der Waals surface area contributed by atoms with Crippen molar-refractivity contribution in [2.75, 3.05) is 0 Å². The van der Waals surface area contributed by atoms with E-state index >= 15 is 0 Å². The van der Waals surface area contributed by atoms with Gasteiger partial charge in [-0.3, -0.25) is 19.2 Å². The number of carbonyl (C=O) groups excluding carboxylic acids is 4. The van der Waals surface area contributed by atoms with Crippen LogP contribution in [-0.2, 0) is 28.7 Å². The van der Waals surface area contributed by atoms with Crippen LogP contribution in [0.15, 0.2) is 65.7 Å². The maximum Gasteiger partial charge on any atom is 0.316 e. The molecule has 0 bridgehead atoms. The van der Waals surface area contributed by atoms with Crippen LogP contribution in [0.1, 0.15) is 106 Å². The Morgan fingerprint density at radius 3 is 1.14 bits per heavy atom. The molecule has 0 aromatic heterocycles. The van der Waals surface area contributed by atoms with Gasteiger partial charge in [-0.05, 0) is 93.7 Å². The monoisotopic (exact) mass is 1040 g/mol. The molecule has 0 saturated heterocycles. The molecule has 2 aromatic carbocycles. The number of benzene rings is 2. The largest absolute Gasteiger partial charge is 0.457 e. The van der Waals surface area contributed by atoms with E-state index in [2.05, 4.69) is 77.0 Å². The van der Waals surface area contributed by atoms with Gasteiger partial charge in [-0.1, -0.05) is 109 Å². The first-order valence-corrected chi connectivity index (χ1v) is 19.8. The van der Waals surface area contributed by atoms with Gasteiger partial charge in [-0.2, -0.15) is 0 Å². The Kier molecular flexibility index (Phi) is 17.9. The number of rotatable bonds is 10. The molecule has 0 spiro atoms. The van der Waals surface area contributed by atoms with Gasteiger partial charge in [0.1, 0.15) is 23.7 Å². The number of hydrogen-bond acceptors (Lipinski definition) is 8. The predicted molar refractivity (Wildman–Crippen MR) is 221 cm³/mol. The van der Waals surface area contributed by atoms with E-state index in [1.54, 1.807) is 65.8 Å². The van der Waals surface area contributed by atoms with Gasteiger partial charge >= 0.3 is 23.9 Å². The van der Waals surface area contributed by atoms with Crippen molar-refractivity contribution >= 4 is 101 Å². The second kappa shape index (κ2) is 19.3. The van der Waals surface area contributed by atoms with Crippen molar-refractivity contribution < 1.29 is 38.1 Å². The van der Waals surface area contributed by atoms with E-state index < -0.39 is 33.9 Å². The minimum atomic E-state index is -0.617. The Hall–Kier alpha value is -1.78. The van der Waals surface area contributed by atoms with E-state index in [9.17, 15) is 19.2 Å². The van der Waals surface area contributed by atoms with Crippen molar-refractivity contribution in [3.63, 3.8) is 0 Å². The van der Waals surface area contributed by atoms with Crippen LogP contribution in [0, 0.1) is 21.7 Å². The number of halogens is 4. The predicted octanol–water partition coefficient (Wildman–Crippen LogP) is 12.0. The fourth-order valence-electron chi connectivity index (χ4n) is 4.19. The number of hydrogen-bond donors (Lipinski definition) is 0. The van der Waals surface area contributed by atoms with Gasteiger partial charge in [0.2, 0.25) is 0 Å². The summed E-state index contributed by atoms with van der Waals surface area (Å²) in [5.41, 5.74) is -0.630. The van der Waals surface area contributed by atoms with E-state index in [0.29, 0.717) is 20.4 Å². The lowest BCUT2D eigenvalue weighted by Gasteiger charge is -2.32. The van der Waals surface area contributed by atoms with Crippen LogP contribution < -0.4 is 9.47 Å². The maximum absolute atomic E-state index is 12.2. The van der Waals surface area contributed by atoms with Crippen LogP contribution in [0.25, 0.3) is 0 Å². The van der Waals surface area contributed by atoms with Crippen molar-refractivity contribution in [2.45, 2.75) is 95.3 Å². The average molecular weight is 1050 g/mol. The second-order valence-electron chi connectivity index (χ2n) is 14.8. The Morgan fingerprint density at radius 2 is 0.900 bits per heavy atom. The van der Waals surface area contributed by atoms with Gasteiger partial charge in [0.05, 0.1) is 19.8 Å². The fraction of sp³-hybridized carbons (Fsp3) is 0.474. The summed E-state index contributed by atoms with van der Waals surface area (Å²) in [6.45, 7) is 21.5. The summed E-state index contributed by atoms with van der Waals surface area (Å²) in [5.74, 6) is -0.595. The van der Waals surface area contributed by atoms with E-state index in [0.717, 1.165) is 11.1 Å². The summed E-state index contributed by atoms with van der Waals surface area (Å²) >= 11 is 11.3. The highest BCUT2D eigenvalue weighted by molar-refractivity contribution is 14.1. The first kappa shape index (κ1) is 46.2. The molecule has 12 heteroatoms. The zero-order valence-electron chi connectivity index (χ0n) is 30.7. The fourth-order valence-corrected chi connectivity index (χ4v) is 7.15. The third-order valence-corrected chi connectivity index (χ3v) is 9.50. The Balaban J connectivity index is 0.000000500. The molecule has 0 N–H and O–H groups in total. The molecule has 2 aromatic rings. The third kappa shape index (κ3) is 14.0. The number of ether oxygens (including phenoxy) is 4. The van der Waals surface area contributed by atoms with Crippen molar-refractivity contribution in [3.8, 4) is 11.5 Å². The normalized spacial score (nSPS) is 13.6. The van der Waals surface area contributed by atoms with Crippen LogP contribution in [0.3, 0.4) is 0 Å². The highest BCUT2D eigenvalue weighted by atomic mass is 127. The van der Waals surface area contributed by atoms with Crippen LogP contribution in [0.4, 0.5) is 0 Å². The molecule has 276 valence electrons. The van der Waals surface area contributed by atoms with Gasteiger partial charge in [-0.15, -0.1) is 0 Å². The molecule has 0 fully saturated rings. The van der Waals surface area contributed by atoms with Gasteiger partial charge in [0, 0.05) is 35.8 Å². The zero-order valence-corrected chi connectivity index (χ0v) is 38.2. The topological polar surface area (TPSA) is 105 Å². The molecule has 8 nitrogen and oxygen atoms in total. The van der Waals surface area contributed by atoms with Gasteiger partial charge in [0.15, 0.2) is 0 Å². The first-order valence-electron chi connectivity index (χ1n) is 15.7. The Bertz CT molecular complexity index is 1470. The summed E-state index contributed by atoms with van der Waals surface area (Å²) in [5, 5.41) is 0. The lowest BCUT2D eigenvalue weighted by atomic mass is 9.82. The molecule has 0 aliphatic rings. The highest BCUT2D eigenvalue weighted by Gasteiger charge is 2.36. The van der Waals surface area contributed by atoms with Crippen LogP contribution >= 0.6 is 77.0 Å². The molecule has 50 heavy (non-hydrogen) atoms. The highest BCUT2D eigenvalue weighted by Crippen LogP contribution is 2.45. The minimum absolute atomic E-state index is 0.333. The quantitative estimate of drug-likeness (QED) is 0.132. The van der Waals surface area contributed by atoms with Gasteiger partial charge in [-0.25, -0.2) is 0 Å². The van der Waals surface area contributed by atoms with E-state index in [4.69, 9.17) is 18.9 Å². The third-order valence-electron chi connectivity index (χ3n) is 7.09. The summed E-state index contributed by atoms with van der Waals surface area (Å²) < 4.78 is 27.3. The molecule has 2 atom stereocenters. The molecule has 0 aliphatic carbocycles. The van der Waals surface area contributed by atoms with Crippen LogP contribution in [0.5, 0.6) is 11.5 Å². The van der Waals surface area contributed by atoms with Gasteiger partial charge < -0.3 is 18.9 Å². The Morgan fingerprint density at radius 1 is 0.600 bits per heavy atom. The summed E-state index contributed by atoms with van der Waals surface area (Å²) in [6, 6.07) is 10.7.